The molecule has 0 radical (unpaired) electrons. The van der Waals surface area contributed by atoms with Crippen LogP contribution in [0.15, 0.2) is 45.6 Å². The minimum absolute atomic E-state index is 0.0611. The van der Waals surface area contributed by atoms with Crippen LogP contribution in [0.2, 0.25) is 0 Å². The van der Waals surface area contributed by atoms with Crippen LogP contribution in [0.1, 0.15) is 6.92 Å². The van der Waals surface area contributed by atoms with Crippen molar-refractivity contribution in [2.24, 2.45) is 0 Å². The lowest BCUT2D eigenvalue weighted by molar-refractivity contribution is -0.278. The monoisotopic (exact) mass is 518 g/mol. The van der Waals surface area contributed by atoms with Gasteiger partial charge < -0.3 is 48.5 Å². The number of esters is 1. The standard InChI is InChI=1S/C25H26O12/c1-11(26)34-10-18-20(28)22(30)23(31)25(37-18)36-17-9-16-19(21(29)24(17)33-3)14(27)8-15(35-16)12-4-6-13(32-2)7-5-12/h4-9,18,20,22-23,25,28-31H,10H2,1-3H3/t18?,20-,22+,23?,25-/m1/s1. The topological polar surface area (TPSA) is 174 Å². The third-order valence-corrected chi connectivity index (χ3v) is 5.85. The zero-order chi connectivity index (χ0) is 26.9. The molecule has 1 aliphatic heterocycles. The second-order valence-electron chi connectivity index (χ2n) is 8.27. The number of phenols is 1. The SMILES string of the molecule is COc1ccc(-c2cc(=O)c3c(O)c(OC)c(O[C@@H]4OC(COC(C)=O)[C@@H](O)[C@H](O)C4O)cc3o2)cc1. The van der Waals surface area contributed by atoms with Crippen LogP contribution < -0.4 is 19.6 Å². The molecule has 12 heteroatoms. The molecule has 0 spiro atoms. The summed E-state index contributed by atoms with van der Waals surface area (Å²) in [4.78, 5) is 24.0. The Labute approximate surface area is 210 Å². The summed E-state index contributed by atoms with van der Waals surface area (Å²) in [7, 11) is 2.75. The van der Waals surface area contributed by atoms with E-state index in [0.717, 1.165) is 6.92 Å². The number of ether oxygens (including phenoxy) is 5. The first-order chi connectivity index (χ1) is 17.6. The number of carbonyl (C=O) groups excluding carboxylic acids is 1. The Morgan fingerprint density at radius 3 is 2.32 bits per heavy atom. The van der Waals surface area contributed by atoms with Crippen molar-refractivity contribution < 1.29 is 53.3 Å². The van der Waals surface area contributed by atoms with E-state index in [4.69, 9.17) is 28.1 Å². The maximum absolute atomic E-state index is 12.9. The van der Waals surface area contributed by atoms with Gasteiger partial charge in [-0.15, -0.1) is 0 Å². The summed E-state index contributed by atoms with van der Waals surface area (Å²) in [6, 6.07) is 9.23. The van der Waals surface area contributed by atoms with E-state index in [-0.39, 0.29) is 28.2 Å². The van der Waals surface area contributed by atoms with Gasteiger partial charge in [0, 0.05) is 24.6 Å². The van der Waals surface area contributed by atoms with Crippen molar-refractivity contribution in [2.45, 2.75) is 37.6 Å². The van der Waals surface area contributed by atoms with Crippen molar-refractivity contribution in [3.05, 3.63) is 46.6 Å². The van der Waals surface area contributed by atoms with Crippen molar-refractivity contribution in [3.8, 4) is 34.3 Å². The fourth-order valence-corrected chi connectivity index (χ4v) is 3.92. The van der Waals surface area contributed by atoms with Gasteiger partial charge in [0.25, 0.3) is 0 Å². The van der Waals surface area contributed by atoms with Gasteiger partial charge in [0.15, 0.2) is 16.9 Å². The van der Waals surface area contributed by atoms with Gasteiger partial charge in [0.2, 0.25) is 12.0 Å². The number of methoxy groups -OCH3 is 2. The van der Waals surface area contributed by atoms with Crippen LogP contribution in [-0.2, 0) is 14.3 Å². The minimum Gasteiger partial charge on any atom is -0.504 e. The van der Waals surface area contributed by atoms with Gasteiger partial charge in [-0.1, -0.05) is 0 Å². The third kappa shape index (κ3) is 5.18. The van der Waals surface area contributed by atoms with E-state index in [9.17, 15) is 30.0 Å². The predicted molar refractivity (Wildman–Crippen MR) is 127 cm³/mol. The van der Waals surface area contributed by atoms with Gasteiger partial charge in [-0.3, -0.25) is 9.59 Å². The molecule has 2 heterocycles. The highest BCUT2D eigenvalue weighted by Gasteiger charge is 2.45. The van der Waals surface area contributed by atoms with E-state index in [1.54, 1.807) is 24.3 Å². The molecule has 4 rings (SSSR count). The van der Waals surface area contributed by atoms with Gasteiger partial charge in [-0.05, 0) is 24.3 Å². The second kappa shape index (κ2) is 10.6. The molecule has 1 aromatic heterocycles. The van der Waals surface area contributed by atoms with Crippen LogP contribution >= 0.6 is 0 Å². The van der Waals surface area contributed by atoms with Crippen molar-refractivity contribution in [1.82, 2.24) is 0 Å². The van der Waals surface area contributed by atoms with Crippen LogP contribution in [-0.4, -0.2) is 77.9 Å². The molecule has 1 saturated heterocycles. The molecule has 2 aromatic carbocycles. The maximum atomic E-state index is 12.9. The molecular formula is C25H26O12. The summed E-state index contributed by atoms with van der Waals surface area (Å²) in [5.41, 5.74) is -0.0497. The zero-order valence-electron chi connectivity index (χ0n) is 20.1. The van der Waals surface area contributed by atoms with Gasteiger partial charge in [-0.2, -0.15) is 0 Å². The molecule has 0 amide bonds. The van der Waals surface area contributed by atoms with Crippen LogP contribution in [0.5, 0.6) is 23.0 Å². The quantitative estimate of drug-likeness (QED) is 0.326. The van der Waals surface area contributed by atoms with E-state index in [2.05, 4.69) is 0 Å². The minimum atomic E-state index is -1.73. The Bertz CT molecular complexity index is 1330. The lowest BCUT2D eigenvalue weighted by atomic mass is 9.99. The maximum Gasteiger partial charge on any atom is 0.302 e. The van der Waals surface area contributed by atoms with E-state index in [1.807, 2.05) is 0 Å². The molecular weight excluding hydrogens is 492 g/mol. The molecule has 5 atom stereocenters. The Morgan fingerprint density at radius 2 is 1.70 bits per heavy atom. The number of benzene rings is 2. The normalized spacial score (nSPS) is 23.5. The molecule has 2 unspecified atom stereocenters. The fourth-order valence-electron chi connectivity index (χ4n) is 3.92. The molecule has 0 saturated carbocycles. The average molecular weight is 518 g/mol. The molecule has 12 nitrogen and oxygen atoms in total. The second-order valence-corrected chi connectivity index (χ2v) is 8.27. The first-order valence-corrected chi connectivity index (χ1v) is 11.2. The number of phenolic OH excluding ortho intramolecular Hbond substituents is 1. The average Bonchev–Trinajstić information content (AvgIpc) is 2.88. The number of carbonyl (C=O) groups is 1. The predicted octanol–water partition coefficient (Wildman–Crippen LogP) is 0.932. The van der Waals surface area contributed by atoms with Crippen molar-refractivity contribution in [2.75, 3.05) is 20.8 Å². The molecule has 0 bridgehead atoms. The highest BCUT2D eigenvalue weighted by atomic mass is 16.7. The van der Waals surface area contributed by atoms with E-state index in [1.165, 1.54) is 26.4 Å². The van der Waals surface area contributed by atoms with Crippen molar-refractivity contribution in [1.29, 1.82) is 0 Å². The highest BCUT2D eigenvalue weighted by Crippen LogP contribution is 2.43. The number of hydrogen-bond donors (Lipinski definition) is 4. The van der Waals surface area contributed by atoms with Crippen LogP contribution in [0.25, 0.3) is 22.3 Å². The lowest BCUT2D eigenvalue weighted by Crippen LogP contribution is -2.60. The van der Waals surface area contributed by atoms with Crippen LogP contribution in [0.3, 0.4) is 0 Å². The summed E-state index contributed by atoms with van der Waals surface area (Å²) in [5.74, 6) is -0.865. The van der Waals surface area contributed by atoms with Gasteiger partial charge in [0.1, 0.15) is 53.5 Å². The molecule has 1 fully saturated rings. The third-order valence-electron chi connectivity index (χ3n) is 5.85. The Balaban J connectivity index is 1.73. The van der Waals surface area contributed by atoms with Gasteiger partial charge >= 0.3 is 5.97 Å². The highest BCUT2D eigenvalue weighted by molar-refractivity contribution is 5.89. The van der Waals surface area contributed by atoms with E-state index >= 15 is 0 Å². The summed E-state index contributed by atoms with van der Waals surface area (Å²) < 4.78 is 32.3. The van der Waals surface area contributed by atoms with Crippen molar-refractivity contribution in [3.63, 3.8) is 0 Å². The summed E-state index contributed by atoms with van der Waals surface area (Å²) in [6.45, 7) is 0.742. The first-order valence-electron chi connectivity index (χ1n) is 11.2. The number of aromatic hydroxyl groups is 1. The molecule has 3 aromatic rings. The van der Waals surface area contributed by atoms with E-state index < -0.39 is 54.5 Å². The number of fused-ring (bicyclic) bond motifs is 1. The van der Waals surface area contributed by atoms with E-state index in [0.29, 0.717) is 11.3 Å². The summed E-state index contributed by atoms with van der Waals surface area (Å²) in [6.07, 6.45) is -7.83. The Hall–Kier alpha value is -3.84. The number of aliphatic hydroxyl groups excluding tert-OH is 3. The summed E-state index contributed by atoms with van der Waals surface area (Å²) >= 11 is 0. The van der Waals surface area contributed by atoms with Gasteiger partial charge in [0.05, 0.1) is 14.2 Å². The molecule has 37 heavy (non-hydrogen) atoms. The van der Waals surface area contributed by atoms with Crippen LogP contribution in [0.4, 0.5) is 0 Å². The smallest absolute Gasteiger partial charge is 0.302 e. The van der Waals surface area contributed by atoms with Crippen LogP contribution in [0, 0.1) is 0 Å². The first kappa shape index (κ1) is 26.2. The number of aliphatic hydroxyl groups is 3. The largest absolute Gasteiger partial charge is 0.504 e. The number of hydrogen-bond acceptors (Lipinski definition) is 12. The molecule has 4 N–H and O–H groups in total. The molecule has 1 aliphatic rings. The van der Waals surface area contributed by atoms with Gasteiger partial charge in [-0.25, -0.2) is 0 Å². The lowest BCUT2D eigenvalue weighted by Gasteiger charge is -2.40. The van der Waals surface area contributed by atoms with Crippen molar-refractivity contribution >= 4 is 16.9 Å². The molecule has 0 aliphatic carbocycles. The Kier molecular flexibility index (Phi) is 7.55. The molecule has 198 valence electrons. The summed E-state index contributed by atoms with van der Waals surface area (Å²) in [5, 5.41) is 41.5. The number of rotatable bonds is 7. The fraction of sp³-hybridized carbons (Fsp3) is 0.360. The zero-order valence-corrected chi connectivity index (χ0v) is 20.1. The Morgan fingerprint density at radius 1 is 1.00 bits per heavy atom.